The molecule has 0 spiro atoms. The number of likely N-dealkylation sites (tertiary alicyclic amines) is 1. The summed E-state index contributed by atoms with van der Waals surface area (Å²) in [7, 11) is 1.53. The van der Waals surface area contributed by atoms with Gasteiger partial charge in [0.2, 0.25) is 0 Å². The van der Waals surface area contributed by atoms with Gasteiger partial charge in [0.05, 0.1) is 23.1 Å². The van der Waals surface area contributed by atoms with Gasteiger partial charge in [0.25, 0.3) is 17.4 Å². The van der Waals surface area contributed by atoms with Crippen molar-refractivity contribution in [1.29, 1.82) is 0 Å². The summed E-state index contributed by atoms with van der Waals surface area (Å²) in [4.78, 5) is 37.8. The fraction of sp³-hybridized carbons (Fsp3) is 0.304. The summed E-state index contributed by atoms with van der Waals surface area (Å²) in [5, 5.41) is 22.3. The summed E-state index contributed by atoms with van der Waals surface area (Å²) >= 11 is 0. The maximum Gasteiger partial charge on any atom is 0.295 e. The second-order valence-corrected chi connectivity index (χ2v) is 7.15. The summed E-state index contributed by atoms with van der Waals surface area (Å²) in [5.41, 5.74) is 0.408. The summed E-state index contributed by atoms with van der Waals surface area (Å²) in [5.74, 6) is -1.37. The van der Waals surface area contributed by atoms with Crippen molar-refractivity contribution < 1.29 is 29.1 Å². The quantitative estimate of drug-likeness (QED) is 0.158. The standard InChI is InChI=1S/C23H24N2O7/c1-3-32-18-10-8-15(9-11-18)21(26)19-20(16-6-4-7-17(14-16)25(29)30)24(12-5-13-31-2)23(28)22(19)27/h4,6-11,14,20,26H,3,5,12-13H2,1-2H3/t20-/m1/s1. The van der Waals surface area contributed by atoms with Crippen molar-refractivity contribution in [1.82, 2.24) is 4.90 Å². The third-order valence-electron chi connectivity index (χ3n) is 5.12. The van der Waals surface area contributed by atoms with Gasteiger partial charge in [-0.05, 0) is 43.2 Å². The maximum atomic E-state index is 12.9. The predicted octanol–water partition coefficient (Wildman–Crippen LogP) is 3.45. The van der Waals surface area contributed by atoms with Crippen LogP contribution >= 0.6 is 0 Å². The Kier molecular flexibility index (Phi) is 7.21. The van der Waals surface area contributed by atoms with Crippen LogP contribution in [0.15, 0.2) is 54.1 Å². The number of amides is 1. The zero-order valence-electron chi connectivity index (χ0n) is 17.8. The Morgan fingerprint density at radius 1 is 1.19 bits per heavy atom. The summed E-state index contributed by atoms with van der Waals surface area (Å²) in [6, 6.07) is 11.2. The van der Waals surface area contributed by atoms with E-state index in [0.717, 1.165) is 0 Å². The molecule has 3 rings (SSSR count). The third kappa shape index (κ3) is 4.62. The Morgan fingerprint density at radius 3 is 2.53 bits per heavy atom. The zero-order chi connectivity index (χ0) is 23.3. The van der Waals surface area contributed by atoms with Gasteiger partial charge in [-0.25, -0.2) is 0 Å². The number of rotatable bonds is 9. The van der Waals surface area contributed by atoms with Crippen molar-refractivity contribution in [2.45, 2.75) is 19.4 Å². The molecule has 1 N–H and O–H groups in total. The molecule has 1 aliphatic rings. The predicted molar refractivity (Wildman–Crippen MR) is 116 cm³/mol. The molecule has 168 valence electrons. The highest BCUT2D eigenvalue weighted by Gasteiger charge is 2.46. The maximum absolute atomic E-state index is 12.9. The fourth-order valence-corrected chi connectivity index (χ4v) is 3.68. The first kappa shape index (κ1) is 23.0. The Bertz CT molecular complexity index is 1050. The van der Waals surface area contributed by atoms with Crippen LogP contribution in [0.5, 0.6) is 5.75 Å². The highest BCUT2D eigenvalue weighted by molar-refractivity contribution is 6.46. The molecule has 9 heteroatoms. The number of aliphatic hydroxyl groups is 1. The second-order valence-electron chi connectivity index (χ2n) is 7.15. The topological polar surface area (TPSA) is 119 Å². The largest absolute Gasteiger partial charge is 0.507 e. The van der Waals surface area contributed by atoms with E-state index in [9.17, 15) is 24.8 Å². The molecule has 1 aliphatic heterocycles. The Labute approximate surface area is 185 Å². The molecule has 0 radical (unpaired) electrons. The van der Waals surface area contributed by atoms with Crippen LogP contribution in [0, 0.1) is 10.1 Å². The number of carbonyl (C=O) groups excluding carboxylic acids is 2. The Hall–Kier alpha value is -3.72. The summed E-state index contributed by atoms with van der Waals surface area (Å²) < 4.78 is 10.4. The number of aliphatic hydroxyl groups excluding tert-OH is 1. The highest BCUT2D eigenvalue weighted by Crippen LogP contribution is 2.40. The number of benzene rings is 2. The number of Topliss-reactive ketones (excluding diaryl/α,β-unsaturated/α-hetero) is 1. The molecule has 32 heavy (non-hydrogen) atoms. The van der Waals surface area contributed by atoms with Gasteiger partial charge in [-0.15, -0.1) is 0 Å². The number of ketones is 1. The van der Waals surface area contributed by atoms with Gasteiger partial charge in [-0.3, -0.25) is 19.7 Å². The molecule has 1 heterocycles. The van der Waals surface area contributed by atoms with E-state index < -0.39 is 22.7 Å². The van der Waals surface area contributed by atoms with Crippen LogP contribution in [0.1, 0.15) is 30.5 Å². The second kappa shape index (κ2) is 10.1. The first-order valence-electron chi connectivity index (χ1n) is 10.1. The van der Waals surface area contributed by atoms with Crippen molar-refractivity contribution in [3.05, 3.63) is 75.3 Å². The number of ether oxygens (including phenoxy) is 2. The van der Waals surface area contributed by atoms with Gasteiger partial charge in [0.1, 0.15) is 11.5 Å². The van der Waals surface area contributed by atoms with E-state index in [0.29, 0.717) is 36.5 Å². The smallest absolute Gasteiger partial charge is 0.295 e. The molecule has 9 nitrogen and oxygen atoms in total. The fourth-order valence-electron chi connectivity index (χ4n) is 3.68. The van der Waals surface area contributed by atoms with Crippen LogP contribution < -0.4 is 4.74 Å². The molecule has 0 saturated carbocycles. The summed E-state index contributed by atoms with van der Waals surface area (Å²) in [6.45, 7) is 2.87. The first-order chi connectivity index (χ1) is 15.4. The van der Waals surface area contributed by atoms with Crippen molar-refractivity contribution in [2.24, 2.45) is 0 Å². The highest BCUT2D eigenvalue weighted by atomic mass is 16.6. The van der Waals surface area contributed by atoms with E-state index in [1.807, 2.05) is 6.92 Å². The van der Waals surface area contributed by atoms with Gasteiger partial charge in [0.15, 0.2) is 0 Å². The van der Waals surface area contributed by atoms with Crippen LogP contribution in [-0.4, -0.2) is 53.5 Å². The number of non-ortho nitro benzene ring substituents is 1. The number of methoxy groups -OCH3 is 1. The lowest BCUT2D eigenvalue weighted by Gasteiger charge is -2.25. The number of hydrogen-bond acceptors (Lipinski definition) is 7. The van der Waals surface area contributed by atoms with Gasteiger partial charge < -0.3 is 19.5 Å². The molecule has 2 aromatic carbocycles. The van der Waals surface area contributed by atoms with Crippen LogP contribution in [0.2, 0.25) is 0 Å². The van der Waals surface area contributed by atoms with Crippen LogP contribution in [0.4, 0.5) is 5.69 Å². The monoisotopic (exact) mass is 440 g/mol. The number of hydrogen-bond donors (Lipinski definition) is 1. The van der Waals surface area contributed by atoms with E-state index in [1.165, 1.54) is 30.2 Å². The van der Waals surface area contributed by atoms with Gasteiger partial charge in [-0.2, -0.15) is 0 Å². The van der Waals surface area contributed by atoms with Crippen molar-refractivity contribution in [3.8, 4) is 5.75 Å². The van der Waals surface area contributed by atoms with E-state index >= 15 is 0 Å². The Morgan fingerprint density at radius 2 is 1.91 bits per heavy atom. The molecule has 0 bridgehead atoms. The van der Waals surface area contributed by atoms with Crippen LogP contribution in [0.25, 0.3) is 5.76 Å². The molecule has 1 saturated heterocycles. The van der Waals surface area contributed by atoms with E-state index in [4.69, 9.17) is 9.47 Å². The number of nitrogens with zero attached hydrogens (tertiary/aromatic N) is 2. The lowest BCUT2D eigenvalue weighted by atomic mass is 9.95. The van der Waals surface area contributed by atoms with Crippen molar-refractivity contribution in [3.63, 3.8) is 0 Å². The minimum Gasteiger partial charge on any atom is -0.507 e. The molecule has 0 aromatic heterocycles. The number of nitro groups is 1. The van der Waals surface area contributed by atoms with Gasteiger partial charge >= 0.3 is 0 Å². The lowest BCUT2D eigenvalue weighted by Crippen LogP contribution is -2.31. The van der Waals surface area contributed by atoms with Crippen LogP contribution in [0.3, 0.4) is 0 Å². The first-order valence-corrected chi connectivity index (χ1v) is 10.1. The van der Waals surface area contributed by atoms with E-state index in [-0.39, 0.29) is 23.6 Å². The molecule has 1 fully saturated rings. The molecule has 1 amide bonds. The molecule has 2 aromatic rings. The van der Waals surface area contributed by atoms with E-state index in [1.54, 1.807) is 30.3 Å². The van der Waals surface area contributed by atoms with Crippen molar-refractivity contribution in [2.75, 3.05) is 26.9 Å². The van der Waals surface area contributed by atoms with Gasteiger partial charge in [-0.1, -0.05) is 12.1 Å². The average Bonchev–Trinajstić information content (AvgIpc) is 3.04. The minimum atomic E-state index is -0.960. The number of carbonyl (C=O) groups is 2. The third-order valence-corrected chi connectivity index (χ3v) is 5.12. The van der Waals surface area contributed by atoms with Gasteiger partial charge in [0, 0.05) is 38.0 Å². The molecular weight excluding hydrogens is 416 g/mol. The minimum absolute atomic E-state index is 0.114. The normalized spacial score (nSPS) is 17.6. The molecule has 0 aliphatic carbocycles. The lowest BCUT2D eigenvalue weighted by molar-refractivity contribution is -0.384. The van der Waals surface area contributed by atoms with Crippen LogP contribution in [-0.2, 0) is 14.3 Å². The number of nitro benzene ring substituents is 1. The van der Waals surface area contributed by atoms with E-state index in [2.05, 4.69) is 0 Å². The molecule has 0 unspecified atom stereocenters. The van der Waals surface area contributed by atoms with Crippen molar-refractivity contribution >= 4 is 23.1 Å². The summed E-state index contributed by atoms with van der Waals surface area (Å²) in [6.07, 6.45) is 0.456. The zero-order valence-corrected chi connectivity index (χ0v) is 17.8. The Balaban J connectivity index is 2.11. The SMILES string of the molecule is CCOc1ccc(C(O)=C2C(=O)C(=O)N(CCCOC)[C@@H]2c2cccc([N+](=O)[O-])c2)cc1. The molecule has 1 atom stereocenters. The molecular formula is C23H24N2O7. The average molecular weight is 440 g/mol.